The van der Waals surface area contributed by atoms with Crippen LogP contribution < -0.4 is 0 Å². The Kier molecular flexibility index (Phi) is 5.67. The van der Waals surface area contributed by atoms with Gasteiger partial charge >= 0.3 is 5.97 Å². The zero-order valence-corrected chi connectivity index (χ0v) is 17.2. The van der Waals surface area contributed by atoms with Crippen LogP contribution in [0, 0.1) is 5.82 Å². The maximum absolute atomic E-state index is 13.1. The molecule has 9 heteroatoms. The topological polar surface area (TPSA) is 87.8 Å². The first kappa shape index (κ1) is 20.9. The van der Waals surface area contributed by atoms with E-state index in [-0.39, 0.29) is 22.0 Å². The summed E-state index contributed by atoms with van der Waals surface area (Å²) < 4.78 is 18.8. The fourth-order valence-electron chi connectivity index (χ4n) is 2.97. The van der Waals surface area contributed by atoms with E-state index in [0.29, 0.717) is 22.6 Å². The van der Waals surface area contributed by atoms with Crippen LogP contribution in [0.2, 0.25) is 5.02 Å². The van der Waals surface area contributed by atoms with Crippen LogP contribution in [0.5, 0.6) is 0 Å². The minimum absolute atomic E-state index is 0.0361. The third-order valence-electron chi connectivity index (χ3n) is 4.51. The van der Waals surface area contributed by atoms with Crippen LogP contribution in [-0.4, -0.2) is 27.1 Å². The second-order valence-electron chi connectivity index (χ2n) is 6.60. The molecule has 2 amide bonds. The highest BCUT2D eigenvalue weighted by atomic mass is 35.5. The summed E-state index contributed by atoms with van der Waals surface area (Å²) in [5.74, 6) is -1.32. The lowest BCUT2D eigenvalue weighted by Gasteiger charge is -2.12. The monoisotopic (exact) mass is 457 g/mol. The number of hydrogen-bond acceptors (Lipinski definition) is 5. The number of benzene rings is 2. The number of imide groups is 1. The Morgan fingerprint density at radius 2 is 1.87 bits per heavy atom. The summed E-state index contributed by atoms with van der Waals surface area (Å²) in [6.45, 7) is 0.0361. The minimum atomic E-state index is -1.16. The molecule has 1 N–H and O–H groups in total. The molecule has 0 atom stereocenters. The number of carbonyl (C=O) groups excluding carboxylic acids is 2. The van der Waals surface area contributed by atoms with Crippen LogP contribution in [0.4, 0.5) is 9.18 Å². The molecular formula is C22H13ClFNO5S. The largest absolute Gasteiger partial charge is 0.478 e. The van der Waals surface area contributed by atoms with Gasteiger partial charge in [0, 0.05) is 11.6 Å². The Balaban J connectivity index is 1.55. The first-order valence-corrected chi connectivity index (χ1v) is 10.1. The van der Waals surface area contributed by atoms with Gasteiger partial charge in [0.05, 0.1) is 22.0 Å². The van der Waals surface area contributed by atoms with E-state index in [0.717, 1.165) is 16.7 Å². The first-order valence-electron chi connectivity index (χ1n) is 8.94. The van der Waals surface area contributed by atoms with Crippen LogP contribution in [-0.2, 0) is 11.3 Å². The van der Waals surface area contributed by atoms with Crippen molar-refractivity contribution in [2.75, 3.05) is 0 Å². The van der Waals surface area contributed by atoms with E-state index in [4.69, 9.17) is 16.0 Å². The number of furan rings is 1. The van der Waals surface area contributed by atoms with Gasteiger partial charge < -0.3 is 9.52 Å². The molecule has 2 aromatic carbocycles. The van der Waals surface area contributed by atoms with Crippen molar-refractivity contribution in [1.29, 1.82) is 0 Å². The van der Waals surface area contributed by atoms with Gasteiger partial charge in [-0.3, -0.25) is 14.5 Å². The number of rotatable bonds is 5. The molecular weight excluding hydrogens is 445 g/mol. The van der Waals surface area contributed by atoms with Gasteiger partial charge in [-0.2, -0.15) is 0 Å². The number of halogens is 2. The predicted molar refractivity (Wildman–Crippen MR) is 114 cm³/mol. The zero-order chi connectivity index (χ0) is 22.1. The lowest BCUT2D eigenvalue weighted by atomic mass is 10.1. The molecule has 1 aliphatic rings. The number of carboxylic acids is 1. The third kappa shape index (κ3) is 4.40. The number of amides is 2. The van der Waals surface area contributed by atoms with Gasteiger partial charge in [-0.15, -0.1) is 0 Å². The number of thioether (sulfide) groups is 1. The average molecular weight is 458 g/mol. The fourth-order valence-corrected chi connectivity index (χ4v) is 3.98. The molecule has 156 valence electrons. The molecule has 0 bridgehead atoms. The number of carbonyl (C=O) groups is 3. The van der Waals surface area contributed by atoms with Gasteiger partial charge in [0.2, 0.25) is 0 Å². The van der Waals surface area contributed by atoms with E-state index in [1.54, 1.807) is 18.2 Å². The normalized spacial score (nSPS) is 15.2. The highest BCUT2D eigenvalue weighted by molar-refractivity contribution is 8.18. The Hall–Kier alpha value is -3.36. The molecule has 31 heavy (non-hydrogen) atoms. The van der Waals surface area contributed by atoms with Crippen LogP contribution >= 0.6 is 23.4 Å². The summed E-state index contributed by atoms with van der Waals surface area (Å²) in [6.07, 6.45) is 1.45. The SMILES string of the molecule is O=C(O)c1cc(-c2ccc(/C=C3\SC(=O)N(Cc4ccc(F)cc4)C3=O)o2)ccc1Cl. The third-order valence-corrected chi connectivity index (χ3v) is 5.75. The van der Waals surface area contributed by atoms with Gasteiger partial charge in [0.15, 0.2) is 0 Å². The summed E-state index contributed by atoms with van der Waals surface area (Å²) in [6, 6.07) is 13.3. The summed E-state index contributed by atoms with van der Waals surface area (Å²) in [7, 11) is 0. The van der Waals surface area contributed by atoms with Crippen molar-refractivity contribution in [3.8, 4) is 11.3 Å². The molecule has 0 spiro atoms. The summed E-state index contributed by atoms with van der Waals surface area (Å²) >= 11 is 6.67. The van der Waals surface area contributed by atoms with Crippen LogP contribution in [0.25, 0.3) is 17.4 Å². The first-order chi connectivity index (χ1) is 14.8. The molecule has 1 saturated heterocycles. The number of hydrogen-bond donors (Lipinski definition) is 1. The van der Waals surface area contributed by atoms with Crippen molar-refractivity contribution in [1.82, 2.24) is 4.90 Å². The quantitative estimate of drug-likeness (QED) is 0.496. The van der Waals surface area contributed by atoms with Crippen molar-refractivity contribution in [3.05, 3.63) is 87.2 Å². The van der Waals surface area contributed by atoms with Crippen LogP contribution in [0.1, 0.15) is 21.7 Å². The van der Waals surface area contributed by atoms with Gasteiger partial charge in [-0.05, 0) is 59.8 Å². The Morgan fingerprint density at radius 3 is 2.58 bits per heavy atom. The summed E-state index contributed by atoms with van der Waals surface area (Å²) in [5.41, 5.74) is 1.08. The lowest BCUT2D eigenvalue weighted by molar-refractivity contribution is -0.123. The number of nitrogens with zero attached hydrogens (tertiary/aromatic N) is 1. The second kappa shape index (κ2) is 8.41. The van der Waals surface area contributed by atoms with E-state index in [1.165, 1.54) is 42.5 Å². The Labute approximate surface area is 184 Å². The van der Waals surface area contributed by atoms with Crippen molar-refractivity contribution in [2.24, 2.45) is 0 Å². The highest BCUT2D eigenvalue weighted by Gasteiger charge is 2.35. The molecule has 0 saturated carbocycles. The smallest absolute Gasteiger partial charge is 0.337 e. The van der Waals surface area contributed by atoms with Crippen LogP contribution in [0.3, 0.4) is 0 Å². The maximum atomic E-state index is 13.1. The molecule has 1 aliphatic heterocycles. The van der Waals surface area contributed by atoms with E-state index >= 15 is 0 Å². The second-order valence-corrected chi connectivity index (χ2v) is 8.00. The van der Waals surface area contributed by atoms with Gasteiger partial charge in [-0.1, -0.05) is 23.7 Å². The van der Waals surface area contributed by atoms with E-state index in [9.17, 15) is 23.9 Å². The van der Waals surface area contributed by atoms with Crippen molar-refractivity contribution >= 4 is 46.6 Å². The molecule has 2 heterocycles. The number of aromatic carboxylic acids is 1. The van der Waals surface area contributed by atoms with Crippen molar-refractivity contribution < 1.29 is 28.3 Å². The molecule has 1 aromatic heterocycles. The lowest BCUT2D eigenvalue weighted by Crippen LogP contribution is -2.27. The minimum Gasteiger partial charge on any atom is -0.478 e. The molecule has 0 unspecified atom stereocenters. The molecule has 0 aliphatic carbocycles. The highest BCUT2D eigenvalue weighted by Crippen LogP contribution is 2.34. The number of carboxylic acid groups (broad SMARTS) is 1. The standard InChI is InChI=1S/C22H13ClFNO5S/c23-17-7-3-13(9-16(17)21(27)28)18-8-6-15(30-18)10-19-20(26)25(22(29)31-19)11-12-1-4-14(24)5-2-12/h1-10H,11H2,(H,27,28)/b19-10-. The summed E-state index contributed by atoms with van der Waals surface area (Å²) in [4.78, 5) is 37.4. The van der Waals surface area contributed by atoms with Crippen molar-refractivity contribution in [3.63, 3.8) is 0 Å². The van der Waals surface area contributed by atoms with Gasteiger partial charge in [-0.25, -0.2) is 9.18 Å². The molecule has 1 fully saturated rings. The maximum Gasteiger partial charge on any atom is 0.337 e. The zero-order valence-electron chi connectivity index (χ0n) is 15.7. The van der Waals surface area contributed by atoms with E-state index < -0.39 is 22.9 Å². The summed E-state index contributed by atoms with van der Waals surface area (Å²) in [5, 5.41) is 8.89. The van der Waals surface area contributed by atoms with Gasteiger partial charge in [0.1, 0.15) is 17.3 Å². The fraction of sp³-hybridized carbons (Fsp3) is 0.0455. The van der Waals surface area contributed by atoms with E-state index in [1.807, 2.05) is 0 Å². The van der Waals surface area contributed by atoms with Crippen molar-refractivity contribution in [2.45, 2.75) is 6.54 Å². The van der Waals surface area contributed by atoms with Gasteiger partial charge in [0.25, 0.3) is 11.1 Å². The molecule has 6 nitrogen and oxygen atoms in total. The van der Waals surface area contributed by atoms with E-state index in [2.05, 4.69) is 0 Å². The molecule has 4 rings (SSSR count). The average Bonchev–Trinajstić information content (AvgIpc) is 3.30. The Morgan fingerprint density at radius 1 is 1.13 bits per heavy atom. The van der Waals surface area contributed by atoms with Crippen LogP contribution in [0.15, 0.2) is 63.9 Å². The predicted octanol–water partition coefficient (Wildman–Crippen LogP) is 5.67. The molecule has 3 aromatic rings. The molecule has 0 radical (unpaired) electrons. The Bertz CT molecular complexity index is 1230.